The Bertz CT molecular complexity index is 886. The Morgan fingerprint density at radius 1 is 1.12 bits per heavy atom. The molecule has 2 atom stereocenters. The van der Waals surface area contributed by atoms with Crippen LogP contribution in [0.3, 0.4) is 0 Å². The summed E-state index contributed by atoms with van der Waals surface area (Å²) in [4.78, 5) is 20.7. The van der Waals surface area contributed by atoms with Gasteiger partial charge in [0.1, 0.15) is 0 Å². The molecular weight excluding hydrogens is 474 g/mol. The summed E-state index contributed by atoms with van der Waals surface area (Å²) in [7, 11) is 3.56. The minimum atomic E-state index is 0.0399. The maximum atomic E-state index is 12.2. The van der Waals surface area contributed by atoms with Crippen molar-refractivity contribution < 1.29 is 4.79 Å². The van der Waals surface area contributed by atoms with E-state index >= 15 is 0 Å². The fourth-order valence-corrected chi connectivity index (χ4v) is 4.18. The summed E-state index contributed by atoms with van der Waals surface area (Å²) in [5.74, 6) is 0.412. The number of benzene rings is 1. The molecule has 0 saturated carbocycles. The number of rotatable bonds is 9. The molecule has 2 rings (SSSR count). The number of hydrogen-bond donors (Lipinski definition) is 0. The van der Waals surface area contributed by atoms with Crippen LogP contribution in [0.2, 0.25) is 0 Å². The largest absolute Gasteiger partial charge is 0.345 e. The predicted molar refractivity (Wildman–Crippen MR) is 146 cm³/mol. The Morgan fingerprint density at radius 3 is 2.24 bits per heavy atom. The highest BCUT2D eigenvalue weighted by atomic mass is 79.9. The second-order valence-corrected chi connectivity index (χ2v) is 9.55. The van der Waals surface area contributed by atoms with Gasteiger partial charge >= 0.3 is 0 Å². The van der Waals surface area contributed by atoms with Gasteiger partial charge in [-0.3, -0.25) is 14.7 Å². The van der Waals surface area contributed by atoms with Crippen molar-refractivity contribution in [3.8, 4) is 0 Å². The zero-order valence-corrected chi connectivity index (χ0v) is 23.5. The second kappa shape index (κ2) is 14.3. The molecule has 0 aliphatic heterocycles. The highest BCUT2D eigenvalue weighted by Gasteiger charge is 2.18. The van der Waals surface area contributed by atoms with Crippen molar-refractivity contribution in [1.82, 2.24) is 14.8 Å². The Hall–Kier alpha value is -1.98. The Morgan fingerprint density at radius 2 is 1.73 bits per heavy atom. The predicted octanol–water partition coefficient (Wildman–Crippen LogP) is 7.19. The van der Waals surface area contributed by atoms with Gasteiger partial charge in [-0.05, 0) is 56.9 Å². The van der Waals surface area contributed by atoms with Crippen LogP contribution in [0.25, 0.3) is 6.08 Å². The van der Waals surface area contributed by atoms with Crippen molar-refractivity contribution >= 4 is 27.9 Å². The van der Waals surface area contributed by atoms with E-state index in [4.69, 9.17) is 0 Å². The summed E-state index contributed by atoms with van der Waals surface area (Å²) in [6, 6.07) is 10.5. The highest BCUT2D eigenvalue weighted by molar-refractivity contribution is 9.10. The lowest BCUT2D eigenvalue weighted by atomic mass is 9.97. The van der Waals surface area contributed by atoms with Crippen LogP contribution < -0.4 is 0 Å². The number of pyridine rings is 1. The molecule has 4 nitrogen and oxygen atoms in total. The molecule has 1 heterocycles. The smallest absolute Gasteiger partial charge is 0.253 e. The number of carbonyl (C=O) groups excluding carboxylic acids is 1. The van der Waals surface area contributed by atoms with Crippen molar-refractivity contribution in [2.75, 3.05) is 27.2 Å². The molecule has 0 radical (unpaired) electrons. The van der Waals surface area contributed by atoms with Gasteiger partial charge in [-0.15, -0.1) is 0 Å². The van der Waals surface area contributed by atoms with E-state index in [2.05, 4.69) is 71.7 Å². The van der Waals surface area contributed by atoms with E-state index in [-0.39, 0.29) is 5.91 Å². The number of halogens is 1. The van der Waals surface area contributed by atoms with Gasteiger partial charge in [0.25, 0.3) is 5.91 Å². The molecule has 2 unspecified atom stereocenters. The van der Waals surface area contributed by atoms with Crippen LogP contribution in [0.1, 0.15) is 81.1 Å². The van der Waals surface area contributed by atoms with Gasteiger partial charge in [-0.1, -0.05) is 67.4 Å². The van der Waals surface area contributed by atoms with E-state index in [1.807, 2.05) is 45.2 Å². The first-order chi connectivity index (χ1) is 15.6. The van der Waals surface area contributed by atoms with Crippen molar-refractivity contribution in [1.29, 1.82) is 0 Å². The maximum Gasteiger partial charge on any atom is 0.253 e. The van der Waals surface area contributed by atoms with Crippen LogP contribution in [0.4, 0.5) is 0 Å². The molecule has 33 heavy (non-hydrogen) atoms. The van der Waals surface area contributed by atoms with Crippen molar-refractivity contribution in [2.45, 2.75) is 66.8 Å². The van der Waals surface area contributed by atoms with Gasteiger partial charge in [0, 0.05) is 60.7 Å². The average molecular weight is 517 g/mol. The number of amides is 1. The number of nitrogens with zero attached hydrogens (tertiary/aromatic N) is 3. The van der Waals surface area contributed by atoms with Crippen LogP contribution in [0.5, 0.6) is 0 Å². The van der Waals surface area contributed by atoms with Gasteiger partial charge in [0.2, 0.25) is 0 Å². The molecule has 1 aromatic heterocycles. The lowest BCUT2D eigenvalue weighted by Gasteiger charge is -2.31. The summed E-state index contributed by atoms with van der Waals surface area (Å²) in [6.07, 6.45) is 5.18. The number of hydrogen-bond acceptors (Lipinski definition) is 3. The van der Waals surface area contributed by atoms with Gasteiger partial charge in [-0.2, -0.15) is 0 Å². The van der Waals surface area contributed by atoms with Gasteiger partial charge in [0.05, 0.1) is 0 Å². The topological polar surface area (TPSA) is 36.4 Å². The van der Waals surface area contributed by atoms with Crippen molar-refractivity contribution in [2.24, 2.45) is 0 Å². The first kappa shape index (κ1) is 29.1. The average Bonchev–Trinajstić information content (AvgIpc) is 2.81. The van der Waals surface area contributed by atoms with Crippen molar-refractivity contribution in [3.05, 3.63) is 69.0 Å². The zero-order chi connectivity index (χ0) is 25.1. The third-order valence-corrected chi connectivity index (χ3v) is 6.53. The number of aromatic nitrogens is 1. The maximum absolute atomic E-state index is 12.2. The van der Waals surface area contributed by atoms with Crippen LogP contribution in [-0.2, 0) is 0 Å². The fraction of sp³-hybridized carbons (Fsp3) is 0.500. The summed E-state index contributed by atoms with van der Waals surface area (Å²) >= 11 is 3.65. The lowest BCUT2D eigenvalue weighted by Crippen LogP contribution is -2.36. The van der Waals surface area contributed by atoms with E-state index in [1.165, 1.54) is 11.1 Å². The lowest BCUT2D eigenvalue weighted by molar-refractivity contribution is 0.0827. The van der Waals surface area contributed by atoms with Gasteiger partial charge < -0.3 is 4.90 Å². The van der Waals surface area contributed by atoms with Crippen LogP contribution >= 0.6 is 15.9 Å². The summed E-state index contributed by atoms with van der Waals surface area (Å²) in [5, 5.41) is 0. The number of carbonyl (C=O) groups is 1. The second-order valence-electron chi connectivity index (χ2n) is 8.69. The molecule has 0 N–H and O–H groups in total. The molecule has 0 aliphatic rings. The Kier molecular flexibility index (Phi) is 12.6. The molecule has 1 amide bonds. The molecule has 0 aliphatic carbocycles. The third-order valence-electron chi connectivity index (χ3n) is 5.83. The van der Waals surface area contributed by atoms with E-state index in [1.54, 1.807) is 19.0 Å². The van der Waals surface area contributed by atoms with Gasteiger partial charge in [-0.25, -0.2) is 0 Å². The molecule has 182 valence electrons. The number of aryl methyl sites for hydroxylation is 1. The zero-order valence-electron chi connectivity index (χ0n) is 21.9. The SMILES string of the molecule is CC.CCC(C)N(C/C(C)=C/c1c(Br)ccnc1C)CC(C)c1ccc(C(=O)N(C)C)cc1. The highest BCUT2D eigenvalue weighted by Crippen LogP contribution is 2.24. The van der Waals surface area contributed by atoms with Gasteiger partial charge in [0.15, 0.2) is 0 Å². The van der Waals surface area contributed by atoms with Crippen molar-refractivity contribution in [3.63, 3.8) is 0 Å². The first-order valence-corrected chi connectivity index (χ1v) is 12.8. The minimum Gasteiger partial charge on any atom is -0.345 e. The van der Waals surface area contributed by atoms with Crippen LogP contribution in [0.15, 0.2) is 46.6 Å². The van der Waals surface area contributed by atoms with E-state index in [0.29, 0.717) is 12.0 Å². The van der Waals surface area contributed by atoms with E-state index in [9.17, 15) is 4.79 Å². The van der Waals surface area contributed by atoms with Crippen LogP contribution in [0, 0.1) is 6.92 Å². The first-order valence-electron chi connectivity index (χ1n) is 12.0. The molecule has 2 aromatic rings. The monoisotopic (exact) mass is 515 g/mol. The Labute approximate surface area is 210 Å². The normalized spacial score (nSPS) is 13.2. The Balaban J connectivity index is 0.00000265. The summed E-state index contributed by atoms with van der Waals surface area (Å²) < 4.78 is 1.08. The molecule has 5 heteroatoms. The van der Waals surface area contributed by atoms with Crippen LogP contribution in [-0.4, -0.2) is 53.9 Å². The molecule has 0 fully saturated rings. The minimum absolute atomic E-state index is 0.0399. The third kappa shape index (κ3) is 8.71. The standard InChI is InChI=1S/C26H36BrN3O.C2H6/c1-8-20(4)30(16-18(2)15-24-21(5)28-14-13-25(24)27)17-19(3)22-9-11-23(12-10-22)26(31)29(6)7;1-2/h9-15,19-20H,8,16-17H2,1-7H3;1-2H3/b18-15+;. The molecule has 1 aromatic carbocycles. The molecular formula is C28H42BrN3O. The van der Waals surface area contributed by atoms with E-state index < -0.39 is 0 Å². The molecule has 0 bridgehead atoms. The molecule has 0 saturated heterocycles. The quantitative estimate of drug-likeness (QED) is 0.354. The van der Waals surface area contributed by atoms with E-state index in [0.717, 1.165) is 40.8 Å². The summed E-state index contributed by atoms with van der Waals surface area (Å²) in [5.41, 5.74) is 5.49. The summed E-state index contributed by atoms with van der Waals surface area (Å²) in [6.45, 7) is 16.9. The molecule has 0 spiro atoms. The fourth-order valence-electron chi connectivity index (χ4n) is 3.66.